The first-order valence-electron chi connectivity index (χ1n) is 11.0. The van der Waals surface area contributed by atoms with Gasteiger partial charge in [0.1, 0.15) is 0 Å². The van der Waals surface area contributed by atoms with Crippen LogP contribution in [0.5, 0.6) is 0 Å². The molecule has 0 atom stereocenters. The fraction of sp³-hybridized carbons (Fsp3) is 0.667. The van der Waals surface area contributed by atoms with Crippen LogP contribution in [0.3, 0.4) is 0 Å². The zero-order valence-electron chi connectivity index (χ0n) is 22.6. The van der Waals surface area contributed by atoms with Gasteiger partial charge in [-0.1, -0.05) is 0 Å². The summed E-state index contributed by atoms with van der Waals surface area (Å²) >= 11 is 25.5. The standard InChI is InChI=1S/7C3H6O2S.Tc/c7*4-3(5)1-2-6;/h7*6H,1-2H2,(H,4,5);/q;;;;;;;+7/p-7. The summed E-state index contributed by atoms with van der Waals surface area (Å²) < 4.78 is 0. The molecule has 0 aliphatic carbocycles. The summed E-state index contributed by atoms with van der Waals surface area (Å²) in [7, 11) is 0. The van der Waals surface area contributed by atoms with E-state index in [0.29, 0.717) is 40.3 Å². The summed E-state index contributed by atoms with van der Waals surface area (Å²) in [5.74, 6) is -4.72. The summed E-state index contributed by atoms with van der Waals surface area (Å²) in [6.07, 6.45) is 0.313. The van der Waals surface area contributed by atoms with Crippen LogP contribution in [0.15, 0.2) is 0 Å². The van der Waals surface area contributed by atoms with E-state index in [-0.39, 0.29) is 65.1 Å². The van der Waals surface area contributed by atoms with Crippen molar-refractivity contribution in [2.24, 2.45) is 0 Å². The average Bonchev–Trinajstić information content (AvgIpc) is 2.81. The van der Waals surface area contributed by atoms with Crippen LogP contribution in [-0.2, 0) is 53.7 Å². The van der Waals surface area contributed by atoms with Gasteiger partial charge in [-0.15, -0.1) is 0 Å². The topological polar surface area (TPSA) is 281 Å². The average molecular weight is 834 g/mol. The van der Waals surface area contributed by atoms with Gasteiger partial charge in [0.2, 0.25) is 0 Å². The van der Waals surface area contributed by atoms with Crippen LogP contribution in [0, 0.1) is 0 Å². The van der Waals surface area contributed by atoms with Gasteiger partial charge in [-0.3, -0.25) is 0 Å². The molecule has 0 radical (unpaired) electrons. The predicted octanol–water partition coefficient (Wildman–Crippen LogP) is -6.61. The Bertz CT molecular complexity index is 533. The zero-order chi connectivity index (χ0) is 34.9. The molecule has 0 rings (SSSR count). The van der Waals surface area contributed by atoms with Gasteiger partial charge in [-0.05, 0) is 85.2 Å². The molecular formula is C21H35O14S7Tc. The van der Waals surface area contributed by atoms with E-state index in [1.54, 1.807) is 0 Å². The van der Waals surface area contributed by atoms with E-state index in [2.05, 4.69) is 88.4 Å². The molecule has 0 aliphatic rings. The minimum Gasteiger partial charge on any atom is -0.550 e. The predicted molar refractivity (Wildman–Crippen MR) is 164 cm³/mol. The summed E-state index contributed by atoms with van der Waals surface area (Å²) in [4.78, 5) is 66.1. The van der Waals surface area contributed by atoms with Crippen molar-refractivity contribution in [1.29, 1.82) is 0 Å². The molecule has 0 N–H and O–H groups in total. The molecule has 14 nitrogen and oxygen atoms in total. The summed E-state index contributed by atoms with van der Waals surface area (Å²) in [5.41, 5.74) is 0. The number of carbonyl (C=O) groups excluding carboxylic acids is 7. The van der Waals surface area contributed by atoms with E-state index in [4.69, 9.17) is 0 Å². The maximum absolute atomic E-state index is 9.44. The smallest absolute Gasteiger partial charge is 0.550 e. The Balaban J connectivity index is -0.0000000552. The number of aliphatic carboxylic acids is 7. The number of thiol groups is 7. The maximum Gasteiger partial charge on any atom is 7.00 e. The molecule has 0 bridgehead atoms. The van der Waals surface area contributed by atoms with Crippen molar-refractivity contribution in [1.82, 2.24) is 0 Å². The van der Waals surface area contributed by atoms with Crippen LogP contribution in [-0.4, -0.2) is 82.1 Å². The van der Waals surface area contributed by atoms with Gasteiger partial charge in [-0.25, -0.2) is 0 Å². The van der Waals surface area contributed by atoms with Crippen molar-refractivity contribution < 1.29 is 89.4 Å². The van der Waals surface area contributed by atoms with Crippen molar-refractivity contribution in [3.8, 4) is 0 Å². The summed E-state index contributed by atoms with van der Waals surface area (Å²) in [6.45, 7) is 0. The fourth-order valence-electron chi connectivity index (χ4n) is 0.639. The Labute approximate surface area is 302 Å². The molecule has 0 fully saturated rings. The van der Waals surface area contributed by atoms with Crippen molar-refractivity contribution in [2.75, 3.05) is 40.3 Å². The van der Waals surface area contributed by atoms with Crippen LogP contribution in [0.25, 0.3) is 0 Å². The molecule has 0 aromatic heterocycles. The van der Waals surface area contributed by atoms with E-state index in [1.165, 1.54) is 0 Å². The van der Waals surface area contributed by atoms with Gasteiger partial charge < -0.3 is 69.3 Å². The van der Waals surface area contributed by atoms with E-state index in [0.717, 1.165) is 0 Å². The third-order valence-corrected chi connectivity index (χ3v) is 3.78. The molecule has 0 unspecified atom stereocenters. The van der Waals surface area contributed by atoms with Gasteiger partial charge in [0, 0.05) is 41.8 Å². The first-order valence-corrected chi connectivity index (χ1v) is 15.5. The van der Waals surface area contributed by atoms with Crippen molar-refractivity contribution in [2.45, 2.75) is 44.9 Å². The fourth-order valence-corrected chi connectivity index (χ4v) is 1.92. The SMILES string of the molecule is O=C([O-])CCS.O=C([O-])CCS.O=C([O-])CCS.O=C([O-])CCS.O=C([O-])CCS.O=C([O-])CCS.O=C([O-])CCS.[Tc+7]. The Kier molecular flexibility index (Phi) is 81.5. The van der Waals surface area contributed by atoms with E-state index >= 15 is 0 Å². The molecule has 0 amide bonds. The molecule has 252 valence electrons. The van der Waals surface area contributed by atoms with Crippen LogP contribution < -0.4 is 35.7 Å². The number of rotatable bonds is 14. The third kappa shape index (κ3) is 154. The third-order valence-electron chi connectivity index (χ3n) is 2.21. The summed E-state index contributed by atoms with van der Waals surface area (Å²) in [6, 6.07) is 0. The van der Waals surface area contributed by atoms with Crippen molar-refractivity contribution in [3.05, 3.63) is 0 Å². The minimum atomic E-state index is -1.04. The van der Waals surface area contributed by atoms with Gasteiger partial charge in [0.25, 0.3) is 0 Å². The monoisotopic (exact) mass is 832 g/mol. The van der Waals surface area contributed by atoms with Gasteiger partial charge in [0.05, 0.1) is 0 Å². The number of carbonyl (C=O) groups is 7. The number of carboxylic acid groups (broad SMARTS) is 7. The van der Waals surface area contributed by atoms with Crippen LogP contribution >= 0.6 is 88.4 Å². The Morgan fingerprint density at radius 2 is 0.349 bits per heavy atom. The molecule has 0 aromatic carbocycles. The number of hydrogen-bond donors (Lipinski definition) is 7. The van der Waals surface area contributed by atoms with Gasteiger partial charge in [-0.2, -0.15) is 88.4 Å². The molecule has 0 aliphatic heterocycles. The van der Waals surface area contributed by atoms with Gasteiger partial charge in [0.15, 0.2) is 0 Å². The number of carboxylic acids is 7. The normalized spacial score (nSPS) is 7.98. The Hall–Kier alpha value is -0.611. The number of hydrogen-bond acceptors (Lipinski definition) is 21. The first-order chi connectivity index (χ1) is 19.4. The second-order valence-electron chi connectivity index (χ2n) is 5.92. The van der Waals surface area contributed by atoms with E-state index in [9.17, 15) is 69.3 Å². The molecule has 0 aromatic rings. The largest absolute Gasteiger partial charge is 7.00 e. The first kappa shape index (κ1) is 61.4. The van der Waals surface area contributed by atoms with E-state index in [1.807, 2.05) is 0 Å². The molecular weight excluding hydrogens is 799 g/mol. The van der Waals surface area contributed by atoms with Crippen LogP contribution in [0.1, 0.15) is 44.9 Å². The minimum absolute atomic E-state index is 0. The van der Waals surface area contributed by atoms with Crippen molar-refractivity contribution in [3.63, 3.8) is 0 Å². The summed E-state index contributed by atoms with van der Waals surface area (Å²) in [5, 5.41) is 66.1. The molecule has 0 saturated heterocycles. The molecule has 22 heteroatoms. The second kappa shape index (κ2) is 57.1. The Morgan fingerprint density at radius 3 is 0.349 bits per heavy atom. The zero-order valence-corrected chi connectivity index (χ0v) is 30.7. The van der Waals surface area contributed by atoms with Crippen LogP contribution in [0.2, 0.25) is 0 Å². The maximum atomic E-state index is 9.44. The molecule has 0 spiro atoms. The van der Waals surface area contributed by atoms with Crippen molar-refractivity contribution >= 4 is 130 Å². The molecule has 43 heavy (non-hydrogen) atoms. The Morgan fingerprint density at radius 1 is 0.279 bits per heavy atom. The molecule has 0 saturated carbocycles. The van der Waals surface area contributed by atoms with Crippen LogP contribution in [0.4, 0.5) is 0 Å². The van der Waals surface area contributed by atoms with E-state index < -0.39 is 41.8 Å². The quantitative estimate of drug-likeness (QED) is 0.0802. The van der Waals surface area contributed by atoms with Gasteiger partial charge >= 0.3 is 20.1 Å². The second-order valence-corrected chi connectivity index (χ2v) is 9.05. The molecule has 0 heterocycles.